The Morgan fingerprint density at radius 2 is 1.85 bits per heavy atom. The molecule has 2 aromatic rings. The Morgan fingerprint density at radius 3 is 2.58 bits per heavy atom. The van der Waals surface area contributed by atoms with Crippen molar-refractivity contribution in [3.63, 3.8) is 0 Å². The van der Waals surface area contributed by atoms with E-state index in [1.54, 1.807) is 18.2 Å². The van der Waals surface area contributed by atoms with Crippen LogP contribution in [0.25, 0.3) is 11.3 Å². The predicted molar refractivity (Wildman–Crippen MR) is 122 cm³/mol. The molecule has 7 heteroatoms. The number of hydrogen-bond acceptors (Lipinski definition) is 5. The van der Waals surface area contributed by atoms with Crippen LogP contribution in [0.1, 0.15) is 81.1 Å². The molecule has 0 spiro atoms. The summed E-state index contributed by atoms with van der Waals surface area (Å²) >= 11 is 0. The zero-order valence-corrected chi connectivity index (χ0v) is 19.0. The highest BCUT2D eigenvalue weighted by molar-refractivity contribution is 5.94. The largest absolute Gasteiger partial charge is 0.391 e. The number of carbonyl (C=O) groups is 2. The molecule has 0 unspecified atom stereocenters. The van der Waals surface area contributed by atoms with Gasteiger partial charge in [0.2, 0.25) is 5.91 Å². The highest BCUT2D eigenvalue weighted by Crippen LogP contribution is 2.38. The first-order chi connectivity index (χ1) is 16.0. The third kappa shape index (κ3) is 6.28. The molecular formula is C26H33FN2O4. The first-order valence-corrected chi connectivity index (χ1v) is 12.2. The molecule has 1 heterocycles. The normalized spacial score (nSPS) is 24.4. The second-order valence-corrected chi connectivity index (χ2v) is 9.61. The number of aliphatic hydroxyl groups excluding tert-OH is 1. The third-order valence-electron chi connectivity index (χ3n) is 7.10. The van der Waals surface area contributed by atoms with E-state index in [0.29, 0.717) is 29.4 Å². The van der Waals surface area contributed by atoms with E-state index in [2.05, 4.69) is 10.5 Å². The van der Waals surface area contributed by atoms with Gasteiger partial charge in [-0.15, -0.1) is 0 Å². The first-order valence-electron chi connectivity index (χ1n) is 12.2. The SMILES string of the molecule is O=C(CCCCCCC1CC(C(=O)N[C@H]2CCC[C@H]2O)C1)c1cc(-c2ccc(F)cc2)on1. The smallest absolute Gasteiger partial charge is 0.223 e. The minimum atomic E-state index is -0.377. The minimum absolute atomic E-state index is 0.0349. The van der Waals surface area contributed by atoms with Gasteiger partial charge in [0.1, 0.15) is 11.5 Å². The Bertz CT molecular complexity index is 936. The van der Waals surface area contributed by atoms with Crippen LogP contribution in [0.5, 0.6) is 0 Å². The molecular weight excluding hydrogens is 423 g/mol. The average molecular weight is 457 g/mol. The molecule has 178 valence electrons. The fourth-order valence-electron chi connectivity index (χ4n) is 4.95. The fourth-order valence-corrected chi connectivity index (χ4v) is 4.95. The standard InChI is InChI=1S/C26H33FN2O4/c27-20-12-10-18(11-13-20)25-16-22(29-33-25)24(31)8-4-2-1-3-6-17-14-19(15-17)26(32)28-21-7-5-9-23(21)30/h10-13,16-17,19,21,23,30H,1-9,14-15H2,(H,28,32)/t17?,19?,21-,23+/m0/s1. The fraction of sp³-hybridized carbons (Fsp3) is 0.577. The van der Waals surface area contributed by atoms with Crippen molar-refractivity contribution in [3.8, 4) is 11.3 Å². The number of unbranched alkanes of at least 4 members (excludes halogenated alkanes) is 3. The van der Waals surface area contributed by atoms with E-state index in [1.807, 2.05) is 0 Å². The number of nitrogens with zero attached hydrogens (tertiary/aromatic N) is 1. The van der Waals surface area contributed by atoms with Gasteiger partial charge in [-0.25, -0.2) is 4.39 Å². The highest BCUT2D eigenvalue weighted by atomic mass is 19.1. The van der Waals surface area contributed by atoms with Gasteiger partial charge in [0, 0.05) is 24.0 Å². The van der Waals surface area contributed by atoms with Gasteiger partial charge < -0.3 is 14.9 Å². The minimum Gasteiger partial charge on any atom is -0.391 e. The van der Waals surface area contributed by atoms with Crippen LogP contribution in [-0.4, -0.2) is 34.1 Å². The van der Waals surface area contributed by atoms with Crippen LogP contribution in [0.15, 0.2) is 34.9 Å². The molecule has 33 heavy (non-hydrogen) atoms. The molecule has 0 saturated heterocycles. The van der Waals surface area contributed by atoms with Crippen LogP contribution in [0.3, 0.4) is 0 Å². The first kappa shape index (κ1) is 23.6. The zero-order valence-electron chi connectivity index (χ0n) is 19.0. The Labute approximate surface area is 193 Å². The molecule has 6 nitrogen and oxygen atoms in total. The number of amides is 1. The Balaban J connectivity index is 1.06. The van der Waals surface area contributed by atoms with Gasteiger partial charge in [0.15, 0.2) is 11.5 Å². The van der Waals surface area contributed by atoms with E-state index in [9.17, 15) is 19.1 Å². The van der Waals surface area contributed by atoms with E-state index in [4.69, 9.17) is 4.52 Å². The topological polar surface area (TPSA) is 92.4 Å². The molecule has 2 saturated carbocycles. The highest BCUT2D eigenvalue weighted by Gasteiger charge is 2.36. The molecule has 0 radical (unpaired) electrons. The van der Waals surface area contributed by atoms with Crippen LogP contribution in [0, 0.1) is 17.7 Å². The monoisotopic (exact) mass is 456 g/mol. The lowest BCUT2D eigenvalue weighted by Crippen LogP contribution is -2.46. The van der Waals surface area contributed by atoms with Crippen molar-refractivity contribution in [1.82, 2.24) is 10.5 Å². The maximum absolute atomic E-state index is 13.0. The summed E-state index contributed by atoms with van der Waals surface area (Å²) in [6.07, 6.45) is 9.77. The van der Waals surface area contributed by atoms with Gasteiger partial charge in [-0.05, 0) is 68.7 Å². The molecule has 4 rings (SSSR count). The number of halogens is 1. The second-order valence-electron chi connectivity index (χ2n) is 9.61. The van der Waals surface area contributed by atoms with Crippen molar-refractivity contribution < 1.29 is 23.6 Å². The van der Waals surface area contributed by atoms with E-state index >= 15 is 0 Å². The quantitative estimate of drug-likeness (QED) is 0.364. The summed E-state index contributed by atoms with van der Waals surface area (Å²) in [4.78, 5) is 24.6. The summed E-state index contributed by atoms with van der Waals surface area (Å²) in [5.41, 5.74) is 1.01. The predicted octanol–water partition coefficient (Wildman–Crippen LogP) is 5.06. The van der Waals surface area contributed by atoms with Crippen LogP contribution in [0.2, 0.25) is 0 Å². The van der Waals surface area contributed by atoms with Gasteiger partial charge >= 0.3 is 0 Å². The number of carbonyl (C=O) groups excluding carboxylic acids is 2. The van der Waals surface area contributed by atoms with Gasteiger partial charge in [0.05, 0.1) is 12.1 Å². The summed E-state index contributed by atoms with van der Waals surface area (Å²) < 4.78 is 18.3. The summed E-state index contributed by atoms with van der Waals surface area (Å²) in [5, 5.41) is 16.7. The second kappa shape index (κ2) is 11.1. The molecule has 2 aliphatic rings. The van der Waals surface area contributed by atoms with Gasteiger partial charge in [-0.3, -0.25) is 9.59 Å². The number of nitrogens with one attached hydrogen (secondary N) is 1. The average Bonchev–Trinajstić information content (AvgIpc) is 3.42. The molecule has 0 aliphatic heterocycles. The van der Waals surface area contributed by atoms with Crippen LogP contribution < -0.4 is 5.32 Å². The molecule has 0 bridgehead atoms. The van der Waals surface area contributed by atoms with Crippen molar-refractivity contribution >= 4 is 11.7 Å². The van der Waals surface area contributed by atoms with Crippen LogP contribution >= 0.6 is 0 Å². The number of aromatic nitrogens is 1. The lowest BCUT2D eigenvalue weighted by Gasteiger charge is -2.35. The van der Waals surface area contributed by atoms with Crippen LogP contribution in [0.4, 0.5) is 4.39 Å². The van der Waals surface area contributed by atoms with E-state index in [0.717, 1.165) is 64.2 Å². The maximum atomic E-state index is 13.0. The number of Topliss-reactive ketones (excluding diaryl/α,β-unsaturated/α-hetero) is 1. The van der Waals surface area contributed by atoms with Gasteiger partial charge in [-0.2, -0.15) is 0 Å². The number of rotatable bonds is 11. The van der Waals surface area contributed by atoms with Crippen molar-refractivity contribution in [2.75, 3.05) is 0 Å². The summed E-state index contributed by atoms with van der Waals surface area (Å²) in [5.74, 6) is 0.958. The number of benzene rings is 1. The van der Waals surface area contributed by atoms with E-state index in [1.165, 1.54) is 12.1 Å². The van der Waals surface area contributed by atoms with Gasteiger partial charge in [-0.1, -0.05) is 30.8 Å². The molecule has 2 N–H and O–H groups in total. The molecule has 2 fully saturated rings. The lowest BCUT2D eigenvalue weighted by molar-refractivity contribution is -0.130. The number of ketones is 1. The number of hydrogen-bond donors (Lipinski definition) is 2. The van der Waals surface area contributed by atoms with E-state index in [-0.39, 0.29) is 35.6 Å². The van der Waals surface area contributed by atoms with Crippen LogP contribution in [-0.2, 0) is 4.79 Å². The van der Waals surface area contributed by atoms with Gasteiger partial charge in [0.25, 0.3) is 0 Å². The van der Waals surface area contributed by atoms with E-state index < -0.39 is 0 Å². The summed E-state index contributed by atoms with van der Waals surface area (Å²) in [6, 6.07) is 7.46. The summed E-state index contributed by atoms with van der Waals surface area (Å²) in [6.45, 7) is 0. The van der Waals surface area contributed by atoms with Crippen molar-refractivity contribution in [1.29, 1.82) is 0 Å². The Morgan fingerprint density at radius 1 is 1.09 bits per heavy atom. The van der Waals surface area contributed by atoms with Crippen molar-refractivity contribution in [2.24, 2.45) is 11.8 Å². The molecule has 1 aromatic heterocycles. The summed E-state index contributed by atoms with van der Waals surface area (Å²) in [7, 11) is 0. The molecule has 2 aliphatic carbocycles. The molecule has 1 amide bonds. The molecule has 1 aromatic carbocycles. The molecule has 2 atom stereocenters. The Kier molecular flexibility index (Phi) is 7.91. The maximum Gasteiger partial charge on any atom is 0.223 e. The number of aliphatic hydroxyl groups is 1. The Hall–Kier alpha value is -2.54. The zero-order chi connectivity index (χ0) is 23.2. The van der Waals surface area contributed by atoms with Crippen molar-refractivity contribution in [3.05, 3.63) is 41.8 Å². The third-order valence-corrected chi connectivity index (χ3v) is 7.10. The lowest BCUT2D eigenvalue weighted by atomic mass is 9.72. The van der Waals surface area contributed by atoms with Crippen molar-refractivity contribution in [2.45, 2.75) is 82.8 Å².